The third kappa shape index (κ3) is 2.05. The number of rotatable bonds is 3. The SMILES string of the molecule is Cc1ccc(F)c([C@@](C)(N)C(F)(F)CO)c1. The van der Waals surface area contributed by atoms with Gasteiger partial charge in [-0.1, -0.05) is 17.7 Å². The van der Waals surface area contributed by atoms with E-state index in [4.69, 9.17) is 10.8 Å². The zero-order valence-corrected chi connectivity index (χ0v) is 9.10. The van der Waals surface area contributed by atoms with Gasteiger partial charge in [0.2, 0.25) is 0 Å². The molecule has 0 aliphatic heterocycles. The van der Waals surface area contributed by atoms with E-state index in [0.29, 0.717) is 5.56 Å². The van der Waals surface area contributed by atoms with E-state index in [9.17, 15) is 13.2 Å². The molecule has 90 valence electrons. The first kappa shape index (κ1) is 13.0. The highest BCUT2D eigenvalue weighted by atomic mass is 19.3. The number of alkyl halides is 2. The van der Waals surface area contributed by atoms with Crippen molar-refractivity contribution in [3.8, 4) is 0 Å². The van der Waals surface area contributed by atoms with Gasteiger partial charge in [-0.15, -0.1) is 0 Å². The lowest BCUT2D eigenvalue weighted by molar-refractivity contribution is -0.109. The smallest absolute Gasteiger partial charge is 0.292 e. The van der Waals surface area contributed by atoms with Crippen LogP contribution in [0.25, 0.3) is 0 Å². The normalized spacial score (nSPS) is 15.9. The Labute approximate surface area is 91.9 Å². The lowest BCUT2D eigenvalue weighted by Crippen LogP contribution is -2.53. The summed E-state index contributed by atoms with van der Waals surface area (Å²) < 4.78 is 40.2. The largest absolute Gasteiger partial charge is 0.390 e. The Bertz CT molecular complexity index is 391. The molecule has 0 radical (unpaired) electrons. The van der Waals surface area contributed by atoms with Crippen LogP contribution in [0.1, 0.15) is 18.1 Å². The Morgan fingerprint density at radius 3 is 2.44 bits per heavy atom. The zero-order chi connectivity index (χ0) is 12.6. The average molecular weight is 233 g/mol. The van der Waals surface area contributed by atoms with Gasteiger partial charge in [0.05, 0.1) is 0 Å². The van der Waals surface area contributed by atoms with Crippen molar-refractivity contribution in [2.45, 2.75) is 25.3 Å². The van der Waals surface area contributed by atoms with Crippen LogP contribution >= 0.6 is 0 Å². The molecular formula is C11H14F3NO. The molecule has 0 aliphatic rings. The average Bonchev–Trinajstić information content (AvgIpc) is 2.21. The first-order chi connectivity index (χ1) is 7.22. The van der Waals surface area contributed by atoms with E-state index in [1.807, 2.05) is 0 Å². The first-order valence-corrected chi connectivity index (χ1v) is 4.76. The van der Waals surface area contributed by atoms with Gasteiger partial charge in [0.25, 0.3) is 5.92 Å². The Morgan fingerprint density at radius 1 is 1.38 bits per heavy atom. The van der Waals surface area contributed by atoms with Crippen LogP contribution in [-0.4, -0.2) is 17.6 Å². The van der Waals surface area contributed by atoms with Crippen molar-refractivity contribution >= 4 is 0 Å². The van der Waals surface area contributed by atoms with Gasteiger partial charge >= 0.3 is 0 Å². The maximum Gasteiger partial charge on any atom is 0.292 e. The molecular weight excluding hydrogens is 219 g/mol. The lowest BCUT2D eigenvalue weighted by atomic mass is 9.85. The molecule has 1 atom stereocenters. The van der Waals surface area contributed by atoms with Crippen LogP contribution in [0.15, 0.2) is 18.2 Å². The highest BCUT2D eigenvalue weighted by Gasteiger charge is 2.49. The summed E-state index contributed by atoms with van der Waals surface area (Å²) in [5, 5.41) is 8.60. The van der Waals surface area contributed by atoms with Gasteiger partial charge in [-0.05, 0) is 19.9 Å². The Hall–Kier alpha value is -1.07. The molecule has 1 rings (SSSR count). The molecule has 0 saturated heterocycles. The standard InChI is InChI=1S/C11H14F3NO/c1-7-3-4-9(12)8(5-7)10(2,15)11(13,14)6-16/h3-5,16H,6,15H2,1-2H3/t10-/m1/s1. The minimum Gasteiger partial charge on any atom is -0.390 e. The van der Waals surface area contributed by atoms with Crippen molar-refractivity contribution in [2.24, 2.45) is 5.73 Å². The molecule has 0 fully saturated rings. The topological polar surface area (TPSA) is 46.2 Å². The van der Waals surface area contributed by atoms with Crippen LogP contribution in [-0.2, 0) is 5.54 Å². The van der Waals surface area contributed by atoms with Gasteiger partial charge in [0.15, 0.2) is 0 Å². The summed E-state index contributed by atoms with van der Waals surface area (Å²) in [6.07, 6.45) is 0. The number of aliphatic hydroxyl groups is 1. The van der Waals surface area contributed by atoms with E-state index >= 15 is 0 Å². The maximum atomic E-state index is 13.4. The van der Waals surface area contributed by atoms with Crippen molar-refractivity contribution < 1.29 is 18.3 Å². The molecule has 0 aromatic heterocycles. The number of hydrogen-bond donors (Lipinski definition) is 2. The van der Waals surface area contributed by atoms with Crippen LogP contribution in [0.2, 0.25) is 0 Å². The van der Waals surface area contributed by atoms with Crippen molar-refractivity contribution in [3.05, 3.63) is 35.1 Å². The second-order valence-electron chi connectivity index (χ2n) is 4.05. The Kier molecular flexibility index (Phi) is 3.30. The molecule has 16 heavy (non-hydrogen) atoms. The molecule has 5 heteroatoms. The molecule has 0 bridgehead atoms. The highest BCUT2D eigenvalue weighted by Crippen LogP contribution is 2.36. The van der Waals surface area contributed by atoms with Crippen LogP contribution in [0.4, 0.5) is 13.2 Å². The number of aryl methyl sites for hydroxylation is 1. The second kappa shape index (κ2) is 4.07. The van der Waals surface area contributed by atoms with E-state index in [1.165, 1.54) is 12.1 Å². The molecule has 2 nitrogen and oxygen atoms in total. The first-order valence-electron chi connectivity index (χ1n) is 4.76. The number of hydrogen-bond acceptors (Lipinski definition) is 2. The van der Waals surface area contributed by atoms with Crippen LogP contribution < -0.4 is 5.73 Å². The minimum atomic E-state index is -3.58. The minimum absolute atomic E-state index is 0.299. The zero-order valence-electron chi connectivity index (χ0n) is 9.10. The number of nitrogens with two attached hydrogens (primary N) is 1. The summed E-state index contributed by atoms with van der Waals surface area (Å²) in [7, 11) is 0. The van der Waals surface area contributed by atoms with E-state index in [0.717, 1.165) is 13.0 Å². The third-order valence-electron chi connectivity index (χ3n) is 2.64. The molecule has 0 saturated carbocycles. The molecule has 0 amide bonds. The van der Waals surface area contributed by atoms with E-state index in [2.05, 4.69) is 0 Å². The summed E-state index contributed by atoms with van der Waals surface area (Å²) in [4.78, 5) is 0. The molecule has 1 aromatic rings. The number of benzene rings is 1. The fraction of sp³-hybridized carbons (Fsp3) is 0.455. The summed E-state index contributed by atoms with van der Waals surface area (Å²) in [6.45, 7) is 1.23. The van der Waals surface area contributed by atoms with Crippen molar-refractivity contribution in [2.75, 3.05) is 6.61 Å². The molecule has 0 spiro atoms. The highest BCUT2D eigenvalue weighted by molar-refractivity contribution is 5.31. The lowest BCUT2D eigenvalue weighted by Gasteiger charge is -2.33. The fourth-order valence-corrected chi connectivity index (χ4v) is 1.40. The molecule has 0 aliphatic carbocycles. The fourth-order valence-electron chi connectivity index (χ4n) is 1.40. The second-order valence-corrected chi connectivity index (χ2v) is 4.05. The molecule has 3 N–H and O–H groups in total. The van der Waals surface area contributed by atoms with Crippen LogP contribution in [0.3, 0.4) is 0 Å². The predicted octanol–water partition coefficient (Wildman–Crippen LogP) is 1.94. The van der Waals surface area contributed by atoms with Gasteiger partial charge in [-0.3, -0.25) is 0 Å². The quantitative estimate of drug-likeness (QED) is 0.838. The van der Waals surface area contributed by atoms with Crippen molar-refractivity contribution in [1.82, 2.24) is 0 Å². The van der Waals surface area contributed by atoms with Crippen molar-refractivity contribution in [3.63, 3.8) is 0 Å². The predicted molar refractivity (Wildman–Crippen MR) is 54.7 cm³/mol. The number of aliphatic hydroxyl groups excluding tert-OH is 1. The van der Waals surface area contributed by atoms with Gasteiger partial charge in [0, 0.05) is 5.56 Å². The van der Waals surface area contributed by atoms with Crippen molar-refractivity contribution in [1.29, 1.82) is 0 Å². The summed E-state index contributed by atoms with van der Waals surface area (Å²) in [5.74, 6) is -4.38. The Balaban J connectivity index is 3.31. The monoisotopic (exact) mass is 233 g/mol. The van der Waals surface area contributed by atoms with Gasteiger partial charge in [-0.2, -0.15) is 0 Å². The summed E-state index contributed by atoms with van der Waals surface area (Å²) >= 11 is 0. The van der Waals surface area contributed by atoms with E-state index in [1.54, 1.807) is 6.92 Å². The van der Waals surface area contributed by atoms with Crippen LogP contribution in [0, 0.1) is 12.7 Å². The van der Waals surface area contributed by atoms with Gasteiger partial charge in [-0.25, -0.2) is 13.2 Å². The third-order valence-corrected chi connectivity index (χ3v) is 2.64. The molecule has 0 unspecified atom stereocenters. The van der Waals surface area contributed by atoms with Gasteiger partial charge < -0.3 is 10.8 Å². The summed E-state index contributed by atoms with van der Waals surface area (Å²) in [6, 6.07) is 3.81. The molecule has 1 aromatic carbocycles. The number of halogens is 3. The molecule has 0 heterocycles. The van der Waals surface area contributed by atoms with E-state index in [-0.39, 0.29) is 5.56 Å². The summed E-state index contributed by atoms with van der Waals surface area (Å²) in [5.41, 5.74) is 3.54. The van der Waals surface area contributed by atoms with Crippen LogP contribution in [0.5, 0.6) is 0 Å². The maximum absolute atomic E-state index is 13.4. The van der Waals surface area contributed by atoms with E-state index < -0.39 is 23.9 Å². The Morgan fingerprint density at radius 2 is 1.94 bits per heavy atom. The van der Waals surface area contributed by atoms with Gasteiger partial charge in [0.1, 0.15) is 18.0 Å².